The number of hydrogen-bond donors (Lipinski definition) is 1. The third-order valence-corrected chi connectivity index (χ3v) is 3.37. The quantitative estimate of drug-likeness (QED) is 0.919. The van der Waals surface area contributed by atoms with Crippen LogP contribution >= 0.6 is 15.9 Å². The van der Waals surface area contributed by atoms with Crippen LogP contribution in [0, 0.1) is 5.82 Å². The number of rotatable bonds is 3. The van der Waals surface area contributed by atoms with E-state index < -0.39 is 17.7 Å². The van der Waals surface area contributed by atoms with Gasteiger partial charge in [0.1, 0.15) is 5.82 Å². The average molecular weight is 352 g/mol. The van der Waals surface area contributed by atoms with Gasteiger partial charge in [-0.3, -0.25) is 4.79 Å². The molecule has 0 aliphatic heterocycles. The molecule has 0 bridgehead atoms. The molecule has 0 atom stereocenters. The molecule has 0 spiro atoms. The minimum Gasteiger partial charge on any atom is -0.478 e. The van der Waals surface area contributed by atoms with E-state index in [4.69, 9.17) is 5.11 Å². The summed E-state index contributed by atoms with van der Waals surface area (Å²) >= 11 is 3.12. The van der Waals surface area contributed by atoms with E-state index in [9.17, 15) is 14.0 Å². The topological polar surface area (TPSA) is 57.6 Å². The minimum atomic E-state index is -1.13. The van der Waals surface area contributed by atoms with Gasteiger partial charge < -0.3 is 10.0 Å². The lowest BCUT2D eigenvalue weighted by Crippen LogP contribution is -2.28. The molecular weight excluding hydrogens is 341 g/mol. The van der Waals surface area contributed by atoms with Crippen LogP contribution < -0.4 is 4.90 Å². The highest BCUT2D eigenvalue weighted by Gasteiger charge is 2.19. The molecule has 1 amide bonds. The van der Waals surface area contributed by atoms with Crippen LogP contribution in [0.15, 0.2) is 46.9 Å². The zero-order chi connectivity index (χ0) is 15.6. The van der Waals surface area contributed by atoms with Gasteiger partial charge in [-0.15, -0.1) is 0 Å². The number of nitrogens with zero attached hydrogens (tertiary/aromatic N) is 1. The number of halogens is 2. The Balaban J connectivity index is 2.42. The van der Waals surface area contributed by atoms with E-state index in [1.165, 1.54) is 36.2 Å². The van der Waals surface area contributed by atoms with Crippen molar-refractivity contribution in [3.63, 3.8) is 0 Å². The van der Waals surface area contributed by atoms with Gasteiger partial charge in [-0.05, 0) is 30.3 Å². The molecule has 0 aliphatic carbocycles. The van der Waals surface area contributed by atoms with Crippen LogP contribution in [0.1, 0.15) is 20.7 Å². The first-order valence-electron chi connectivity index (χ1n) is 5.96. The molecule has 0 saturated carbocycles. The number of carbonyl (C=O) groups is 2. The second-order valence-electron chi connectivity index (χ2n) is 4.34. The van der Waals surface area contributed by atoms with Gasteiger partial charge in [0.2, 0.25) is 0 Å². The highest BCUT2D eigenvalue weighted by atomic mass is 79.9. The SMILES string of the molecule is CN(C(=O)c1cc(F)cc(Br)c1)c1ccccc1C(=O)O. The second-order valence-corrected chi connectivity index (χ2v) is 5.26. The van der Waals surface area contributed by atoms with Crippen molar-refractivity contribution in [3.05, 3.63) is 63.9 Å². The van der Waals surface area contributed by atoms with E-state index in [-0.39, 0.29) is 16.8 Å². The van der Waals surface area contributed by atoms with Gasteiger partial charge in [-0.25, -0.2) is 9.18 Å². The minimum absolute atomic E-state index is 0.00354. The molecule has 0 radical (unpaired) electrons. The first-order valence-corrected chi connectivity index (χ1v) is 6.76. The molecule has 1 N–H and O–H groups in total. The Hall–Kier alpha value is -2.21. The third-order valence-electron chi connectivity index (χ3n) is 2.91. The highest BCUT2D eigenvalue weighted by Crippen LogP contribution is 2.22. The van der Waals surface area contributed by atoms with Crippen molar-refractivity contribution >= 4 is 33.5 Å². The Bertz CT molecular complexity index is 698. The molecule has 0 aromatic heterocycles. The van der Waals surface area contributed by atoms with Crippen LogP contribution in [0.25, 0.3) is 0 Å². The van der Waals surface area contributed by atoms with Gasteiger partial charge in [-0.2, -0.15) is 0 Å². The van der Waals surface area contributed by atoms with Crippen molar-refractivity contribution < 1.29 is 19.1 Å². The van der Waals surface area contributed by atoms with Gasteiger partial charge in [0.05, 0.1) is 11.3 Å². The third kappa shape index (κ3) is 3.28. The molecular formula is C15H11BrFNO3. The van der Waals surface area contributed by atoms with Crippen molar-refractivity contribution in [2.24, 2.45) is 0 Å². The van der Waals surface area contributed by atoms with E-state index in [1.807, 2.05) is 0 Å². The van der Waals surface area contributed by atoms with Crippen molar-refractivity contribution in [2.45, 2.75) is 0 Å². The van der Waals surface area contributed by atoms with Crippen LogP contribution in [0.2, 0.25) is 0 Å². The summed E-state index contributed by atoms with van der Waals surface area (Å²) < 4.78 is 13.8. The molecule has 2 rings (SSSR count). The molecule has 0 saturated heterocycles. The molecule has 2 aromatic carbocycles. The number of anilines is 1. The predicted octanol–water partition coefficient (Wildman–Crippen LogP) is 3.56. The summed E-state index contributed by atoms with van der Waals surface area (Å²) in [6.07, 6.45) is 0. The second kappa shape index (κ2) is 6.05. The largest absolute Gasteiger partial charge is 0.478 e. The van der Waals surface area contributed by atoms with Crippen LogP contribution in [-0.4, -0.2) is 24.0 Å². The summed E-state index contributed by atoms with van der Waals surface area (Å²) in [5, 5.41) is 9.15. The lowest BCUT2D eigenvalue weighted by atomic mass is 10.1. The summed E-state index contributed by atoms with van der Waals surface area (Å²) in [6.45, 7) is 0. The molecule has 2 aromatic rings. The molecule has 0 fully saturated rings. The molecule has 0 aliphatic rings. The fourth-order valence-corrected chi connectivity index (χ4v) is 2.39. The van der Waals surface area contributed by atoms with Gasteiger partial charge in [0.15, 0.2) is 0 Å². The lowest BCUT2D eigenvalue weighted by molar-refractivity contribution is 0.0697. The van der Waals surface area contributed by atoms with Crippen LogP contribution in [-0.2, 0) is 0 Å². The first kappa shape index (κ1) is 15.2. The number of benzene rings is 2. The van der Waals surface area contributed by atoms with Gasteiger partial charge in [0, 0.05) is 17.1 Å². The van der Waals surface area contributed by atoms with Crippen molar-refractivity contribution in [3.8, 4) is 0 Å². The van der Waals surface area contributed by atoms with Crippen LogP contribution in [0.4, 0.5) is 10.1 Å². The molecule has 0 heterocycles. The van der Waals surface area contributed by atoms with E-state index in [0.29, 0.717) is 4.47 Å². The van der Waals surface area contributed by atoms with E-state index in [0.717, 1.165) is 6.07 Å². The number of carbonyl (C=O) groups excluding carboxylic acids is 1. The standard InChI is InChI=1S/C15H11BrFNO3/c1-18(13-5-3-2-4-12(13)15(20)21)14(19)9-6-10(16)8-11(17)7-9/h2-8H,1H3,(H,20,21). The normalized spacial score (nSPS) is 10.2. The summed E-state index contributed by atoms with van der Waals surface area (Å²) in [5.41, 5.74) is 0.378. The number of hydrogen-bond acceptors (Lipinski definition) is 2. The summed E-state index contributed by atoms with van der Waals surface area (Å²) in [6, 6.07) is 9.95. The molecule has 6 heteroatoms. The summed E-state index contributed by atoms with van der Waals surface area (Å²) in [5.74, 6) is -2.18. The molecule has 108 valence electrons. The highest BCUT2D eigenvalue weighted by molar-refractivity contribution is 9.10. The zero-order valence-electron chi connectivity index (χ0n) is 11.0. The lowest BCUT2D eigenvalue weighted by Gasteiger charge is -2.19. The van der Waals surface area contributed by atoms with Crippen LogP contribution in [0.5, 0.6) is 0 Å². The summed E-state index contributed by atoms with van der Waals surface area (Å²) in [4.78, 5) is 24.7. The average Bonchev–Trinajstić information content (AvgIpc) is 2.44. The van der Waals surface area contributed by atoms with Crippen LogP contribution in [0.3, 0.4) is 0 Å². The van der Waals surface area contributed by atoms with Crippen molar-refractivity contribution in [1.29, 1.82) is 0 Å². The fourth-order valence-electron chi connectivity index (χ4n) is 1.93. The molecule has 21 heavy (non-hydrogen) atoms. The maximum absolute atomic E-state index is 13.4. The smallest absolute Gasteiger partial charge is 0.337 e. The van der Waals surface area contributed by atoms with Gasteiger partial charge in [0.25, 0.3) is 5.91 Å². The monoisotopic (exact) mass is 351 g/mol. The Morgan fingerprint density at radius 3 is 2.48 bits per heavy atom. The van der Waals surface area contributed by atoms with Crippen molar-refractivity contribution in [1.82, 2.24) is 0 Å². The Morgan fingerprint density at radius 1 is 1.19 bits per heavy atom. The van der Waals surface area contributed by atoms with E-state index in [1.54, 1.807) is 12.1 Å². The van der Waals surface area contributed by atoms with Gasteiger partial charge in [-0.1, -0.05) is 28.1 Å². The van der Waals surface area contributed by atoms with E-state index in [2.05, 4.69) is 15.9 Å². The number of para-hydroxylation sites is 1. The van der Waals surface area contributed by atoms with E-state index >= 15 is 0 Å². The maximum atomic E-state index is 13.4. The Labute approximate surface area is 128 Å². The Morgan fingerprint density at radius 2 is 1.86 bits per heavy atom. The molecule has 4 nitrogen and oxygen atoms in total. The summed E-state index contributed by atoms with van der Waals surface area (Å²) in [7, 11) is 1.45. The van der Waals surface area contributed by atoms with Gasteiger partial charge >= 0.3 is 5.97 Å². The zero-order valence-corrected chi connectivity index (χ0v) is 12.6. The number of carboxylic acid groups (broad SMARTS) is 1. The van der Waals surface area contributed by atoms with Crippen molar-refractivity contribution in [2.75, 3.05) is 11.9 Å². The predicted molar refractivity (Wildman–Crippen MR) is 80.2 cm³/mol. The Kier molecular flexibility index (Phi) is 4.37. The fraction of sp³-hybridized carbons (Fsp3) is 0.0667. The molecule has 0 unspecified atom stereocenters. The number of carboxylic acids is 1. The number of amides is 1. The first-order chi connectivity index (χ1) is 9.90. The number of aromatic carboxylic acids is 1. The maximum Gasteiger partial charge on any atom is 0.337 e.